The van der Waals surface area contributed by atoms with Crippen LogP contribution in [-0.4, -0.2) is 147 Å². The molecule has 0 saturated heterocycles. The fourth-order valence-electron chi connectivity index (χ4n) is 27.1. The van der Waals surface area contributed by atoms with Gasteiger partial charge in [-0.3, -0.25) is 0 Å². The number of rotatable bonds is 31. The van der Waals surface area contributed by atoms with Gasteiger partial charge in [0.25, 0.3) is 0 Å². The average Bonchev–Trinajstić information content (AvgIpc) is 1.54. The Labute approximate surface area is 666 Å². The summed E-state index contributed by atoms with van der Waals surface area (Å²) in [6.45, 7) is 68.4. The third-order valence-corrected chi connectivity index (χ3v) is 95.8. The first-order valence-electron chi connectivity index (χ1n) is 46.2. The molecular formula is C90H184O8Si8. The van der Waals surface area contributed by atoms with E-state index in [2.05, 4.69) is 199 Å². The fraction of sp³-hybridized carbons (Fsp3) is 1.00. The van der Waals surface area contributed by atoms with E-state index >= 15 is 0 Å². The molecule has 0 bridgehead atoms. The van der Waals surface area contributed by atoms with Crippen LogP contribution in [0.4, 0.5) is 0 Å². The molecule has 14 aliphatic rings. The van der Waals surface area contributed by atoms with Crippen molar-refractivity contribution < 1.29 is 40.9 Å². The number of aliphatic hydroxyl groups is 8. The Bertz CT molecular complexity index is 2470. The van der Waals surface area contributed by atoms with Crippen LogP contribution in [0.1, 0.15) is 386 Å². The molecule has 1 unspecified atom stereocenters. The topological polar surface area (TPSA) is 162 Å². The molecule has 0 spiro atoms. The summed E-state index contributed by atoms with van der Waals surface area (Å²) in [5, 5.41) is 81.1. The second kappa shape index (κ2) is 34.0. The fourth-order valence-corrected chi connectivity index (χ4v) is 80.8. The molecule has 14 rings (SSSR count). The van der Waals surface area contributed by atoms with Crippen molar-refractivity contribution in [2.24, 2.45) is 0 Å². The van der Waals surface area contributed by atoms with Gasteiger partial charge in [-0.1, -0.05) is 309 Å². The first kappa shape index (κ1) is 94.6. The first-order chi connectivity index (χ1) is 48.4. The summed E-state index contributed by atoms with van der Waals surface area (Å²) >= 11 is 0. The van der Waals surface area contributed by atoms with Gasteiger partial charge in [-0.15, -0.1) is 0 Å². The van der Waals surface area contributed by atoms with Crippen LogP contribution in [0.25, 0.3) is 0 Å². The summed E-state index contributed by atoms with van der Waals surface area (Å²) in [5.41, 5.74) is 16.8. The third-order valence-electron chi connectivity index (χ3n) is 35.5. The zero-order valence-electron chi connectivity index (χ0n) is 76.2. The molecule has 8 nitrogen and oxygen atoms in total. The van der Waals surface area contributed by atoms with Crippen LogP contribution in [0.2, 0.25) is 138 Å². The smallest absolute Gasteiger partial charge is 0.0996 e. The highest BCUT2D eigenvalue weighted by Crippen LogP contribution is 2.72. The largest absolute Gasteiger partial charge is 0.394 e. The van der Waals surface area contributed by atoms with Gasteiger partial charge in [-0.2, -0.15) is 0 Å². The maximum Gasteiger partial charge on any atom is 0.0996 e. The zero-order chi connectivity index (χ0) is 80.6. The van der Waals surface area contributed by atoms with Crippen molar-refractivity contribution in [3.63, 3.8) is 0 Å². The molecule has 8 N–H and O–H groups in total. The Hall–Kier alpha value is 1.42. The molecule has 0 aromatic carbocycles. The zero-order valence-corrected chi connectivity index (χ0v) is 84.2. The Balaban J connectivity index is 0.000000169. The molecule has 0 amide bonds. The molecule has 1 atom stereocenters. The summed E-state index contributed by atoms with van der Waals surface area (Å²) in [7, 11) is -11.3. The summed E-state index contributed by atoms with van der Waals surface area (Å²) in [6.07, 6.45) is 42.6. The molecular weight excluding hydrogens is 1430 g/mol. The maximum absolute atomic E-state index is 10.8. The van der Waals surface area contributed by atoms with Gasteiger partial charge in [0.1, 0.15) is 0 Å². The molecule has 14 saturated carbocycles. The Kier molecular flexibility index (Phi) is 30.4. The van der Waals surface area contributed by atoms with E-state index in [0.717, 1.165) is 102 Å². The van der Waals surface area contributed by atoms with Gasteiger partial charge in [0.05, 0.1) is 106 Å². The van der Waals surface area contributed by atoms with E-state index in [1.165, 1.54) is 186 Å². The van der Waals surface area contributed by atoms with Crippen molar-refractivity contribution in [2.45, 2.75) is 565 Å². The minimum Gasteiger partial charge on any atom is -0.394 e. The van der Waals surface area contributed by atoms with Crippen molar-refractivity contribution in [3.8, 4) is 0 Å². The number of hydrogen-bond donors (Lipinski definition) is 8. The molecule has 0 aliphatic heterocycles. The second-order valence-corrected chi connectivity index (χ2v) is 90.9. The molecule has 0 radical (unpaired) electrons. The highest BCUT2D eigenvalue weighted by Gasteiger charge is 2.70. The third kappa shape index (κ3) is 19.7. The lowest BCUT2D eigenvalue weighted by Crippen LogP contribution is -2.59. The standard InChI is InChI=1S/C12H22OSi.2C12H24OSi.C12H26OSi.2C11H22OSi.C10H20OSi.C10H24OSi/c1-12(2,13)14(9-3-4-9,10-5-6-10)11-7-8-11;1-9(2)14(10-5-6-10,11-7-8-11)12(3,4)13;1-4-12(13,5-2)14(3,10-6-7-10)11-8-9-11;1-9(2)14(10(3)4,11-7-8-11)12(5,6)13;1-4-11(2,12)13(3,9-5-6-9)10-7-8-10;1-4-13(9-5-6-9,10-7-8-10)11(2,3)12;1-10(2,11)12(3,8-4-5-8)9-6-7-9;1-8(2)12(7,9(3)4)10(5,6)11/h9-11,13H,3-8H2,1-2H3;9-11,13H,5-8H2,1-4H3;10-11,13H,4-9H2,1-3H3;9-11,13H,7-8H2,1-6H3;2*9-10,12H,4-8H2,1-3H3;8-9,11H,4-7H2,1-3H3;8-9,11H,1-7H3. The highest BCUT2D eigenvalue weighted by molar-refractivity contribution is 6.90. The first-order valence-corrected chi connectivity index (χ1v) is 65.9. The minimum absolute atomic E-state index is 0.255. The van der Waals surface area contributed by atoms with Crippen molar-refractivity contribution in [1.29, 1.82) is 0 Å². The van der Waals surface area contributed by atoms with E-state index in [1.54, 1.807) is 0 Å². The SMILES string of the molecule is CC(C)(O)[Si](C)(C1CC1)C1CC1.CC(C)(O)[Si](C1CC1)(C1CC1)C1CC1.CC(C)[Si](C(C)C)(C1CC1)C(C)(C)O.CC(C)[Si](C)(C(C)C)C(C)(C)O.CC(C)[Si](C1CC1)(C1CC1)C(C)(C)O.CCC(C)(O)[Si](C)(C1CC1)C1CC1.CCC(O)(CC)[Si](C)(C1CC1)C1CC1.CC[Si](C1CC1)(C1CC1)C(C)(C)O. The van der Waals surface area contributed by atoms with E-state index in [1.807, 2.05) is 13.8 Å². The van der Waals surface area contributed by atoms with Gasteiger partial charge in [-0.25, -0.2) is 0 Å². The van der Waals surface area contributed by atoms with Crippen LogP contribution < -0.4 is 0 Å². The van der Waals surface area contributed by atoms with E-state index in [9.17, 15) is 40.9 Å². The van der Waals surface area contributed by atoms with Crippen LogP contribution in [0.15, 0.2) is 0 Å². The second-order valence-electron chi connectivity index (χ2n) is 45.7. The average molecular weight is 1620 g/mol. The van der Waals surface area contributed by atoms with Gasteiger partial charge < -0.3 is 40.9 Å². The Morgan fingerprint density at radius 1 is 0.255 bits per heavy atom. The summed E-state index contributed by atoms with van der Waals surface area (Å²) in [5.74, 6) is 0. The van der Waals surface area contributed by atoms with E-state index in [-0.39, 0.29) is 31.3 Å². The lowest BCUT2D eigenvalue weighted by molar-refractivity contribution is 0.103. The van der Waals surface area contributed by atoms with Crippen molar-refractivity contribution >= 4 is 64.6 Å². The lowest BCUT2D eigenvalue weighted by atomic mass is 10.2. The van der Waals surface area contributed by atoms with Crippen LogP contribution in [0.3, 0.4) is 0 Å². The van der Waals surface area contributed by atoms with Crippen LogP contribution in [0, 0.1) is 0 Å². The van der Waals surface area contributed by atoms with E-state index in [0.29, 0.717) is 22.2 Å². The molecule has 14 aliphatic carbocycles. The number of hydrogen-bond acceptors (Lipinski definition) is 8. The predicted octanol–water partition coefficient (Wildman–Crippen LogP) is 26.0. The minimum atomic E-state index is -1.56. The summed E-state index contributed by atoms with van der Waals surface area (Å²) in [6, 6.07) is 1.30. The van der Waals surface area contributed by atoms with E-state index in [4.69, 9.17) is 0 Å². The molecule has 16 heteroatoms. The van der Waals surface area contributed by atoms with Crippen LogP contribution >= 0.6 is 0 Å². The van der Waals surface area contributed by atoms with Gasteiger partial charge >= 0.3 is 0 Å². The van der Waals surface area contributed by atoms with Crippen LogP contribution in [0.5, 0.6) is 0 Å². The summed E-state index contributed by atoms with van der Waals surface area (Å²) in [4.78, 5) is 0. The van der Waals surface area contributed by atoms with Crippen molar-refractivity contribution in [3.05, 3.63) is 0 Å². The molecule has 0 aromatic heterocycles. The van der Waals surface area contributed by atoms with Gasteiger partial charge in [0.15, 0.2) is 0 Å². The lowest BCUT2D eigenvalue weighted by Gasteiger charge is -2.48. The normalized spacial score (nSPS) is 24.0. The molecule has 624 valence electrons. The maximum atomic E-state index is 10.8. The van der Waals surface area contributed by atoms with Crippen molar-refractivity contribution in [1.82, 2.24) is 0 Å². The molecule has 0 aromatic rings. The van der Waals surface area contributed by atoms with Crippen molar-refractivity contribution in [2.75, 3.05) is 0 Å². The predicted molar refractivity (Wildman–Crippen MR) is 481 cm³/mol. The quantitative estimate of drug-likeness (QED) is 0.0318. The molecule has 0 heterocycles. The Morgan fingerprint density at radius 2 is 0.519 bits per heavy atom. The highest BCUT2D eigenvalue weighted by atomic mass is 28.3. The Morgan fingerprint density at radius 3 is 0.660 bits per heavy atom. The van der Waals surface area contributed by atoms with Gasteiger partial charge in [-0.05, 0) is 215 Å². The van der Waals surface area contributed by atoms with E-state index < -0.39 is 75.0 Å². The van der Waals surface area contributed by atoms with Gasteiger partial charge in [0.2, 0.25) is 0 Å². The molecule has 106 heavy (non-hydrogen) atoms. The summed E-state index contributed by atoms with van der Waals surface area (Å²) < 4.78 is 0. The van der Waals surface area contributed by atoms with Crippen LogP contribution in [-0.2, 0) is 0 Å². The molecule has 14 fully saturated rings. The monoisotopic (exact) mass is 1620 g/mol. The van der Waals surface area contributed by atoms with Gasteiger partial charge in [0, 0.05) is 0 Å².